The lowest BCUT2D eigenvalue weighted by Gasteiger charge is -2.17. The first-order valence-electron chi connectivity index (χ1n) is 6.52. The number of carbonyl (C=O) groups is 2. The van der Waals surface area contributed by atoms with Gasteiger partial charge >= 0.3 is 5.97 Å². The number of methoxy groups -OCH3 is 1. The number of rotatable bonds is 4. The average Bonchev–Trinajstić information content (AvgIpc) is 2.54. The molecule has 0 saturated heterocycles. The third-order valence-electron chi connectivity index (χ3n) is 3.10. The van der Waals surface area contributed by atoms with Crippen molar-refractivity contribution < 1.29 is 27.5 Å². The molecule has 0 radical (unpaired) electrons. The summed E-state index contributed by atoms with van der Waals surface area (Å²) in [6.45, 7) is 0. The molecule has 0 aliphatic heterocycles. The van der Waals surface area contributed by atoms with Crippen LogP contribution in [0.25, 0.3) is 0 Å². The number of hydrogen-bond donors (Lipinski definition) is 1. The van der Waals surface area contributed by atoms with Crippen molar-refractivity contribution in [3.8, 4) is 0 Å². The number of benzene rings is 2. The van der Waals surface area contributed by atoms with Gasteiger partial charge in [0.05, 0.1) is 12.7 Å². The van der Waals surface area contributed by atoms with E-state index in [2.05, 4.69) is 10.1 Å². The SMILES string of the molecule is COC(=O)[C@@H](NC(=O)c1ccccc1F)c1cc(F)ccc1F. The van der Waals surface area contributed by atoms with Crippen molar-refractivity contribution in [2.75, 3.05) is 7.11 Å². The second kappa shape index (κ2) is 6.95. The van der Waals surface area contributed by atoms with Gasteiger partial charge < -0.3 is 10.1 Å². The molecule has 2 aromatic carbocycles. The summed E-state index contributed by atoms with van der Waals surface area (Å²) in [5, 5.41) is 2.15. The van der Waals surface area contributed by atoms with Crippen LogP contribution in [-0.4, -0.2) is 19.0 Å². The van der Waals surface area contributed by atoms with E-state index >= 15 is 0 Å². The monoisotopic (exact) mass is 323 g/mol. The second-order valence-corrected chi connectivity index (χ2v) is 4.58. The summed E-state index contributed by atoms with van der Waals surface area (Å²) < 4.78 is 45.3. The summed E-state index contributed by atoms with van der Waals surface area (Å²) in [5.41, 5.74) is -0.750. The molecule has 0 bridgehead atoms. The van der Waals surface area contributed by atoms with Crippen molar-refractivity contribution in [2.45, 2.75) is 6.04 Å². The van der Waals surface area contributed by atoms with E-state index in [9.17, 15) is 22.8 Å². The Hall–Kier alpha value is -2.83. The molecular formula is C16H12F3NO3. The number of hydrogen-bond acceptors (Lipinski definition) is 3. The minimum atomic E-state index is -1.61. The Bertz CT molecular complexity index is 749. The first kappa shape index (κ1) is 16.5. The van der Waals surface area contributed by atoms with E-state index in [0.29, 0.717) is 0 Å². The van der Waals surface area contributed by atoms with Crippen LogP contribution in [0, 0.1) is 17.5 Å². The molecule has 0 fully saturated rings. The van der Waals surface area contributed by atoms with Gasteiger partial charge in [0.1, 0.15) is 17.5 Å². The minimum Gasteiger partial charge on any atom is -0.467 e. The van der Waals surface area contributed by atoms with Crippen LogP contribution in [0.5, 0.6) is 0 Å². The Morgan fingerprint density at radius 3 is 2.39 bits per heavy atom. The van der Waals surface area contributed by atoms with Gasteiger partial charge in [-0.15, -0.1) is 0 Å². The van der Waals surface area contributed by atoms with E-state index in [4.69, 9.17) is 0 Å². The van der Waals surface area contributed by atoms with E-state index in [1.54, 1.807) is 0 Å². The van der Waals surface area contributed by atoms with Gasteiger partial charge in [0.15, 0.2) is 6.04 Å². The maximum atomic E-state index is 13.8. The third kappa shape index (κ3) is 3.68. The molecule has 0 spiro atoms. The van der Waals surface area contributed by atoms with E-state index < -0.39 is 40.9 Å². The van der Waals surface area contributed by atoms with Gasteiger partial charge in [-0.3, -0.25) is 4.79 Å². The molecule has 0 aliphatic rings. The van der Waals surface area contributed by atoms with Gasteiger partial charge in [0, 0.05) is 5.56 Å². The lowest BCUT2D eigenvalue weighted by atomic mass is 10.0. The van der Waals surface area contributed by atoms with Gasteiger partial charge in [-0.05, 0) is 30.3 Å². The van der Waals surface area contributed by atoms with Gasteiger partial charge in [-0.2, -0.15) is 0 Å². The molecule has 0 saturated carbocycles. The molecule has 0 aliphatic carbocycles. The summed E-state index contributed by atoms with van der Waals surface area (Å²) in [6.07, 6.45) is 0. The fourth-order valence-electron chi connectivity index (χ4n) is 1.97. The smallest absolute Gasteiger partial charge is 0.333 e. The van der Waals surface area contributed by atoms with Crippen LogP contribution < -0.4 is 5.32 Å². The van der Waals surface area contributed by atoms with Crippen LogP contribution in [0.15, 0.2) is 42.5 Å². The van der Waals surface area contributed by atoms with E-state index in [1.165, 1.54) is 18.2 Å². The molecule has 4 nitrogen and oxygen atoms in total. The van der Waals surface area contributed by atoms with Gasteiger partial charge in [0.2, 0.25) is 0 Å². The fourth-order valence-corrected chi connectivity index (χ4v) is 1.97. The summed E-state index contributed by atoms with van der Waals surface area (Å²) in [6, 6.07) is 5.90. The number of nitrogens with one attached hydrogen (secondary N) is 1. The van der Waals surface area contributed by atoms with E-state index in [-0.39, 0.29) is 5.56 Å². The van der Waals surface area contributed by atoms with Crippen LogP contribution in [0.2, 0.25) is 0 Å². The molecule has 7 heteroatoms. The molecule has 0 unspecified atom stereocenters. The molecule has 1 N–H and O–H groups in total. The average molecular weight is 323 g/mol. The topological polar surface area (TPSA) is 55.4 Å². The molecule has 0 heterocycles. The lowest BCUT2D eigenvalue weighted by Crippen LogP contribution is -2.35. The normalized spacial score (nSPS) is 11.7. The highest BCUT2D eigenvalue weighted by Crippen LogP contribution is 2.21. The highest BCUT2D eigenvalue weighted by molar-refractivity contribution is 5.97. The maximum absolute atomic E-state index is 13.8. The van der Waals surface area contributed by atoms with Crippen LogP contribution >= 0.6 is 0 Å². The van der Waals surface area contributed by atoms with Crippen molar-refractivity contribution in [3.63, 3.8) is 0 Å². The molecule has 0 aromatic heterocycles. The number of halogens is 3. The Balaban J connectivity index is 2.37. The molecule has 1 atom stereocenters. The minimum absolute atomic E-state index is 0.335. The highest BCUT2D eigenvalue weighted by atomic mass is 19.1. The fraction of sp³-hybridized carbons (Fsp3) is 0.125. The third-order valence-corrected chi connectivity index (χ3v) is 3.10. The Kier molecular flexibility index (Phi) is 5.00. The molecule has 2 aromatic rings. The van der Waals surface area contributed by atoms with Gasteiger partial charge in [-0.25, -0.2) is 18.0 Å². The zero-order valence-electron chi connectivity index (χ0n) is 12.0. The first-order valence-corrected chi connectivity index (χ1v) is 6.52. The summed E-state index contributed by atoms with van der Waals surface area (Å²) in [5.74, 6) is -4.49. The summed E-state index contributed by atoms with van der Waals surface area (Å²) >= 11 is 0. The van der Waals surface area contributed by atoms with Crippen LogP contribution in [-0.2, 0) is 9.53 Å². The van der Waals surface area contributed by atoms with Gasteiger partial charge in [0.25, 0.3) is 5.91 Å². The second-order valence-electron chi connectivity index (χ2n) is 4.58. The quantitative estimate of drug-likeness (QED) is 0.880. The number of esters is 1. The number of amides is 1. The van der Waals surface area contributed by atoms with Crippen molar-refractivity contribution >= 4 is 11.9 Å². The Morgan fingerprint density at radius 2 is 1.74 bits per heavy atom. The largest absolute Gasteiger partial charge is 0.467 e. The standard InChI is InChI=1S/C16H12F3NO3/c1-23-16(22)14(11-8-9(17)6-7-13(11)19)20-15(21)10-4-2-3-5-12(10)18/h2-8,14H,1H3,(H,20,21)/t14-/m0/s1. The first-order chi connectivity index (χ1) is 10.9. The summed E-state index contributed by atoms with van der Waals surface area (Å²) in [7, 11) is 1.03. The maximum Gasteiger partial charge on any atom is 0.333 e. The lowest BCUT2D eigenvalue weighted by molar-refractivity contribution is -0.143. The number of ether oxygens (including phenoxy) is 1. The van der Waals surface area contributed by atoms with Crippen molar-refractivity contribution in [1.29, 1.82) is 0 Å². The highest BCUT2D eigenvalue weighted by Gasteiger charge is 2.28. The van der Waals surface area contributed by atoms with Crippen molar-refractivity contribution in [2.24, 2.45) is 0 Å². The van der Waals surface area contributed by atoms with Gasteiger partial charge in [-0.1, -0.05) is 12.1 Å². The molecule has 120 valence electrons. The predicted molar refractivity (Wildman–Crippen MR) is 75.0 cm³/mol. The summed E-state index contributed by atoms with van der Waals surface area (Å²) in [4.78, 5) is 23.9. The Morgan fingerprint density at radius 1 is 1.04 bits per heavy atom. The van der Waals surface area contributed by atoms with Crippen LogP contribution in [0.4, 0.5) is 13.2 Å². The molecular weight excluding hydrogens is 311 g/mol. The molecule has 1 amide bonds. The van der Waals surface area contributed by atoms with E-state index in [1.807, 2.05) is 0 Å². The van der Waals surface area contributed by atoms with Crippen LogP contribution in [0.1, 0.15) is 22.0 Å². The zero-order chi connectivity index (χ0) is 17.0. The van der Waals surface area contributed by atoms with E-state index in [0.717, 1.165) is 31.4 Å². The molecule has 23 heavy (non-hydrogen) atoms. The number of carbonyl (C=O) groups excluding carboxylic acids is 2. The van der Waals surface area contributed by atoms with Crippen molar-refractivity contribution in [1.82, 2.24) is 5.32 Å². The van der Waals surface area contributed by atoms with Crippen LogP contribution in [0.3, 0.4) is 0 Å². The predicted octanol–water partition coefficient (Wildman–Crippen LogP) is 2.75. The van der Waals surface area contributed by atoms with Crippen molar-refractivity contribution in [3.05, 3.63) is 71.0 Å². The molecule has 2 rings (SSSR count). The zero-order valence-corrected chi connectivity index (χ0v) is 12.0. The Labute approximate surface area is 129 Å².